The quantitative estimate of drug-likeness (QED) is 0.620. The molecule has 1 aliphatic heterocycles. The van der Waals surface area contributed by atoms with Crippen LogP contribution in [-0.2, 0) is 0 Å². The number of rotatable bonds is 8. The first-order chi connectivity index (χ1) is 7.86. The summed E-state index contributed by atoms with van der Waals surface area (Å²) in [6, 6.07) is 0.738. The van der Waals surface area contributed by atoms with Crippen LogP contribution < -0.4 is 5.32 Å². The number of piperidine rings is 1. The van der Waals surface area contributed by atoms with Crippen LogP contribution in [0.25, 0.3) is 0 Å². The fraction of sp³-hybridized carbons (Fsp3) is 1.00. The minimum absolute atomic E-state index is 0.343. The lowest BCUT2D eigenvalue weighted by Crippen LogP contribution is -2.42. The minimum atomic E-state index is 0.343. The van der Waals surface area contributed by atoms with Crippen molar-refractivity contribution in [3.63, 3.8) is 0 Å². The van der Waals surface area contributed by atoms with Gasteiger partial charge in [-0.3, -0.25) is 0 Å². The smallest absolute Gasteiger partial charge is 0.0431 e. The highest BCUT2D eigenvalue weighted by Crippen LogP contribution is 2.10. The molecule has 0 aromatic heterocycles. The van der Waals surface area contributed by atoms with Crippen LogP contribution >= 0.6 is 0 Å². The first-order valence-electron chi connectivity index (χ1n) is 6.93. The van der Waals surface area contributed by atoms with E-state index in [2.05, 4.69) is 17.1 Å². The molecule has 1 rings (SSSR count). The van der Waals surface area contributed by atoms with E-state index < -0.39 is 0 Å². The van der Waals surface area contributed by atoms with Gasteiger partial charge in [0.05, 0.1) is 0 Å². The van der Waals surface area contributed by atoms with Crippen molar-refractivity contribution in [1.82, 2.24) is 10.2 Å². The van der Waals surface area contributed by atoms with Gasteiger partial charge in [-0.25, -0.2) is 0 Å². The summed E-state index contributed by atoms with van der Waals surface area (Å²) in [5, 5.41) is 12.3. The summed E-state index contributed by atoms with van der Waals surface area (Å²) in [5.41, 5.74) is 0. The number of nitrogens with one attached hydrogen (secondary N) is 1. The third-order valence-electron chi connectivity index (χ3n) is 3.40. The molecule has 2 N–H and O–H groups in total. The van der Waals surface area contributed by atoms with Gasteiger partial charge in [0.2, 0.25) is 0 Å². The van der Waals surface area contributed by atoms with Crippen LogP contribution in [0.3, 0.4) is 0 Å². The number of hydrogen-bond acceptors (Lipinski definition) is 3. The molecule has 1 aliphatic rings. The molecule has 0 bridgehead atoms. The monoisotopic (exact) mass is 228 g/mol. The highest BCUT2D eigenvalue weighted by atomic mass is 16.2. The van der Waals surface area contributed by atoms with Crippen molar-refractivity contribution < 1.29 is 5.11 Å². The number of hydrogen-bond donors (Lipinski definition) is 2. The highest BCUT2D eigenvalue weighted by Gasteiger charge is 2.17. The summed E-state index contributed by atoms with van der Waals surface area (Å²) in [6.07, 6.45) is 7.20. The average molecular weight is 228 g/mol. The van der Waals surface area contributed by atoms with E-state index in [9.17, 15) is 0 Å². The van der Waals surface area contributed by atoms with Crippen molar-refractivity contribution in [2.24, 2.45) is 0 Å². The third-order valence-corrected chi connectivity index (χ3v) is 3.40. The lowest BCUT2D eigenvalue weighted by Gasteiger charge is -2.32. The summed E-state index contributed by atoms with van der Waals surface area (Å²) < 4.78 is 0. The van der Waals surface area contributed by atoms with Gasteiger partial charge in [-0.1, -0.05) is 6.92 Å². The molecule has 0 aromatic carbocycles. The van der Waals surface area contributed by atoms with Crippen LogP contribution in [0.2, 0.25) is 0 Å². The topological polar surface area (TPSA) is 35.5 Å². The number of aliphatic hydroxyl groups is 1. The summed E-state index contributed by atoms with van der Waals surface area (Å²) in [5.74, 6) is 0. The normalized spacial score (nSPS) is 19.1. The Morgan fingerprint density at radius 3 is 2.56 bits per heavy atom. The lowest BCUT2D eigenvalue weighted by molar-refractivity contribution is 0.197. The second-order valence-corrected chi connectivity index (χ2v) is 4.85. The molecule has 3 nitrogen and oxygen atoms in total. The summed E-state index contributed by atoms with van der Waals surface area (Å²) in [7, 11) is 0. The summed E-state index contributed by atoms with van der Waals surface area (Å²) in [4.78, 5) is 2.57. The van der Waals surface area contributed by atoms with Crippen molar-refractivity contribution >= 4 is 0 Å². The minimum Gasteiger partial charge on any atom is -0.396 e. The summed E-state index contributed by atoms with van der Waals surface area (Å²) >= 11 is 0. The Bertz CT molecular complexity index is 156. The van der Waals surface area contributed by atoms with Gasteiger partial charge in [-0.15, -0.1) is 0 Å². The number of unbranched alkanes of at least 4 members (excludes halogenated alkanes) is 2. The zero-order chi connectivity index (χ0) is 11.6. The van der Waals surface area contributed by atoms with Crippen LogP contribution in [0.5, 0.6) is 0 Å². The van der Waals surface area contributed by atoms with Crippen molar-refractivity contribution in [3.8, 4) is 0 Å². The van der Waals surface area contributed by atoms with Crippen LogP contribution in [0.4, 0.5) is 0 Å². The van der Waals surface area contributed by atoms with E-state index in [1.807, 2.05) is 0 Å². The second kappa shape index (κ2) is 8.97. The first-order valence-corrected chi connectivity index (χ1v) is 6.93. The van der Waals surface area contributed by atoms with E-state index in [0.29, 0.717) is 6.61 Å². The van der Waals surface area contributed by atoms with Crippen molar-refractivity contribution in [2.75, 3.05) is 32.8 Å². The van der Waals surface area contributed by atoms with Crippen molar-refractivity contribution in [1.29, 1.82) is 0 Å². The molecule has 0 radical (unpaired) electrons. The largest absolute Gasteiger partial charge is 0.396 e. The molecule has 0 amide bonds. The molecule has 0 spiro atoms. The van der Waals surface area contributed by atoms with E-state index in [-0.39, 0.29) is 0 Å². The van der Waals surface area contributed by atoms with Gasteiger partial charge in [0, 0.05) is 12.6 Å². The highest BCUT2D eigenvalue weighted by molar-refractivity contribution is 4.76. The molecule has 96 valence electrons. The van der Waals surface area contributed by atoms with Gasteiger partial charge in [-0.2, -0.15) is 0 Å². The fourth-order valence-corrected chi connectivity index (χ4v) is 2.40. The Morgan fingerprint density at radius 2 is 1.94 bits per heavy atom. The van der Waals surface area contributed by atoms with Crippen LogP contribution in [0, 0.1) is 0 Å². The standard InChI is InChI=1S/C13H28N2O/c1-2-9-15-10-6-13(7-11-15)14-8-4-3-5-12-16/h13-14,16H,2-12H2,1H3. The number of likely N-dealkylation sites (tertiary alicyclic amines) is 1. The molecule has 1 heterocycles. The Balaban J connectivity index is 1.95. The molecule has 0 atom stereocenters. The first kappa shape index (κ1) is 13.9. The van der Waals surface area contributed by atoms with Gasteiger partial charge >= 0.3 is 0 Å². The zero-order valence-corrected chi connectivity index (χ0v) is 10.7. The van der Waals surface area contributed by atoms with E-state index >= 15 is 0 Å². The van der Waals surface area contributed by atoms with E-state index in [0.717, 1.165) is 25.4 Å². The molecule has 1 saturated heterocycles. The maximum Gasteiger partial charge on any atom is 0.0431 e. The molecule has 16 heavy (non-hydrogen) atoms. The molecule has 0 aliphatic carbocycles. The SMILES string of the molecule is CCCN1CCC(NCCCCCO)CC1. The van der Waals surface area contributed by atoms with Gasteiger partial charge < -0.3 is 15.3 Å². The number of nitrogens with zero attached hydrogens (tertiary/aromatic N) is 1. The molecular formula is C13H28N2O. The van der Waals surface area contributed by atoms with Crippen LogP contribution in [0.15, 0.2) is 0 Å². The predicted molar refractivity (Wildman–Crippen MR) is 68.7 cm³/mol. The third kappa shape index (κ3) is 5.83. The average Bonchev–Trinajstić information content (AvgIpc) is 2.31. The van der Waals surface area contributed by atoms with Crippen molar-refractivity contribution in [3.05, 3.63) is 0 Å². The van der Waals surface area contributed by atoms with Crippen molar-refractivity contribution in [2.45, 2.75) is 51.5 Å². The lowest BCUT2D eigenvalue weighted by atomic mass is 10.0. The Labute approximate surface area is 100 Å². The predicted octanol–water partition coefficient (Wildman–Crippen LogP) is 1.61. The molecule has 0 unspecified atom stereocenters. The maximum atomic E-state index is 8.67. The molecule has 0 aromatic rings. The number of aliphatic hydroxyl groups excluding tert-OH is 1. The molecule has 3 heteroatoms. The van der Waals surface area contributed by atoms with E-state index in [1.165, 1.54) is 45.3 Å². The van der Waals surface area contributed by atoms with Gasteiger partial charge in [-0.05, 0) is 64.7 Å². The Hall–Kier alpha value is -0.120. The molecular weight excluding hydrogens is 200 g/mol. The molecule has 1 fully saturated rings. The van der Waals surface area contributed by atoms with Gasteiger partial charge in [0.1, 0.15) is 0 Å². The molecule has 0 saturated carbocycles. The fourth-order valence-electron chi connectivity index (χ4n) is 2.40. The van der Waals surface area contributed by atoms with E-state index in [4.69, 9.17) is 5.11 Å². The van der Waals surface area contributed by atoms with Crippen LogP contribution in [-0.4, -0.2) is 48.8 Å². The Morgan fingerprint density at radius 1 is 1.19 bits per heavy atom. The maximum absolute atomic E-state index is 8.67. The van der Waals surface area contributed by atoms with E-state index in [1.54, 1.807) is 0 Å². The van der Waals surface area contributed by atoms with Gasteiger partial charge in [0.25, 0.3) is 0 Å². The second-order valence-electron chi connectivity index (χ2n) is 4.85. The van der Waals surface area contributed by atoms with Gasteiger partial charge in [0.15, 0.2) is 0 Å². The zero-order valence-electron chi connectivity index (χ0n) is 10.7. The summed E-state index contributed by atoms with van der Waals surface area (Å²) in [6.45, 7) is 7.52. The van der Waals surface area contributed by atoms with Crippen LogP contribution in [0.1, 0.15) is 45.4 Å². The Kier molecular flexibility index (Phi) is 7.81.